The Balaban J connectivity index is 1.45. The van der Waals surface area contributed by atoms with Gasteiger partial charge in [0, 0.05) is 19.1 Å². The summed E-state index contributed by atoms with van der Waals surface area (Å²) in [6.45, 7) is 2.66. The van der Waals surface area contributed by atoms with Crippen LogP contribution in [0.3, 0.4) is 0 Å². The maximum absolute atomic E-state index is 13.2. The second-order valence-electron chi connectivity index (χ2n) is 7.43. The predicted molar refractivity (Wildman–Crippen MR) is 113 cm³/mol. The summed E-state index contributed by atoms with van der Waals surface area (Å²) < 4.78 is 57.8. The smallest absolute Gasteiger partial charge is 0.330 e. The van der Waals surface area contributed by atoms with Crippen LogP contribution >= 0.6 is 0 Å². The molecular formula is C20H26FN3O7S. The van der Waals surface area contributed by atoms with E-state index in [9.17, 15) is 22.4 Å². The molecule has 1 fully saturated rings. The van der Waals surface area contributed by atoms with Gasteiger partial charge < -0.3 is 14.2 Å². The average molecular weight is 472 g/mol. The van der Waals surface area contributed by atoms with Crippen molar-refractivity contribution < 1.29 is 27.0 Å². The third kappa shape index (κ3) is 6.99. The van der Waals surface area contributed by atoms with Crippen molar-refractivity contribution in [3.8, 4) is 5.75 Å². The number of halogens is 1. The molecule has 0 amide bonds. The zero-order valence-corrected chi connectivity index (χ0v) is 18.4. The van der Waals surface area contributed by atoms with E-state index in [1.807, 2.05) is 17.1 Å². The van der Waals surface area contributed by atoms with Crippen LogP contribution < -0.4 is 20.7 Å². The van der Waals surface area contributed by atoms with Crippen molar-refractivity contribution >= 4 is 10.0 Å². The van der Waals surface area contributed by atoms with Crippen LogP contribution in [-0.4, -0.2) is 49.6 Å². The van der Waals surface area contributed by atoms with Gasteiger partial charge in [-0.25, -0.2) is 17.9 Å². The van der Waals surface area contributed by atoms with Crippen molar-refractivity contribution in [1.82, 2.24) is 14.3 Å². The Morgan fingerprint density at radius 3 is 2.94 bits per heavy atom. The molecular weight excluding hydrogens is 445 g/mol. The fourth-order valence-electron chi connectivity index (χ4n) is 3.14. The van der Waals surface area contributed by atoms with Crippen molar-refractivity contribution in [3.05, 3.63) is 62.7 Å². The predicted octanol–water partition coefficient (Wildman–Crippen LogP) is 0.888. The summed E-state index contributed by atoms with van der Waals surface area (Å²) in [5.41, 5.74) is -1.16. The van der Waals surface area contributed by atoms with Crippen LogP contribution in [0.1, 0.15) is 31.4 Å². The minimum absolute atomic E-state index is 0.000677. The summed E-state index contributed by atoms with van der Waals surface area (Å²) in [5, 5.41) is 0. The molecule has 32 heavy (non-hydrogen) atoms. The number of rotatable bonds is 11. The van der Waals surface area contributed by atoms with Crippen molar-refractivity contribution in [1.29, 1.82) is 0 Å². The number of benzene rings is 1. The van der Waals surface area contributed by atoms with E-state index in [2.05, 4.69) is 4.72 Å². The molecule has 2 heterocycles. The van der Waals surface area contributed by atoms with Crippen LogP contribution in [0.25, 0.3) is 0 Å². The summed E-state index contributed by atoms with van der Waals surface area (Å²) in [7, 11) is -3.60. The lowest BCUT2D eigenvalue weighted by atomic mass is 10.1. The van der Waals surface area contributed by atoms with Crippen molar-refractivity contribution in [2.45, 2.75) is 38.6 Å². The monoisotopic (exact) mass is 471 g/mol. The number of nitrogens with zero attached hydrogens (tertiary/aromatic N) is 1. The SMILES string of the molecule is C[C@@H](NS(=O)(=O)CCCOCn1cc(F)c(=O)[nH]c1=O)c1cccc(O[C@H]2CCOC2)c1. The number of aromatic amines is 1. The summed E-state index contributed by atoms with van der Waals surface area (Å²) >= 11 is 0. The van der Waals surface area contributed by atoms with Crippen LogP contribution in [0, 0.1) is 5.82 Å². The second-order valence-corrected chi connectivity index (χ2v) is 9.30. The number of hydrogen-bond donors (Lipinski definition) is 2. The fourth-order valence-corrected chi connectivity index (χ4v) is 4.43. The maximum atomic E-state index is 13.2. The van der Waals surface area contributed by atoms with Crippen molar-refractivity contribution in [3.63, 3.8) is 0 Å². The van der Waals surface area contributed by atoms with Crippen LogP contribution in [0.15, 0.2) is 40.1 Å². The van der Waals surface area contributed by atoms with Gasteiger partial charge in [0.2, 0.25) is 15.8 Å². The molecule has 0 aliphatic carbocycles. The number of ether oxygens (including phenoxy) is 3. The van der Waals surface area contributed by atoms with E-state index in [0.717, 1.165) is 22.7 Å². The van der Waals surface area contributed by atoms with Crippen LogP contribution in [0.5, 0.6) is 5.75 Å². The van der Waals surface area contributed by atoms with Gasteiger partial charge in [0.1, 0.15) is 18.6 Å². The lowest BCUT2D eigenvalue weighted by Crippen LogP contribution is -2.32. The first-order chi connectivity index (χ1) is 15.2. The molecule has 2 aromatic rings. The van der Waals surface area contributed by atoms with Gasteiger partial charge in [-0.3, -0.25) is 14.3 Å². The van der Waals surface area contributed by atoms with E-state index in [1.165, 1.54) is 0 Å². The molecule has 10 nitrogen and oxygen atoms in total. The van der Waals surface area contributed by atoms with E-state index in [4.69, 9.17) is 14.2 Å². The Kier molecular flexibility index (Phi) is 8.18. The third-order valence-electron chi connectivity index (χ3n) is 4.80. The minimum Gasteiger partial charge on any atom is -0.488 e. The Hall–Kier alpha value is -2.54. The Morgan fingerprint density at radius 2 is 2.19 bits per heavy atom. The van der Waals surface area contributed by atoms with E-state index >= 15 is 0 Å². The van der Waals surface area contributed by atoms with Gasteiger partial charge in [-0.05, 0) is 31.0 Å². The topological polar surface area (TPSA) is 129 Å². The molecule has 2 atom stereocenters. The highest BCUT2D eigenvalue weighted by molar-refractivity contribution is 7.89. The van der Waals surface area contributed by atoms with E-state index in [1.54, 1.807) is 19.1 Å². The van der Waals surface area contributed by atoms with Crippen LogP contribution in [0.2, 0.25) is 0 Å². The Bertz CT molecular complexity index is 1130. The lowest BCUT2D eigenvalue weighted by molar-refractivity contribution is 0.0736. The number of H-pyrrole nitrogens is 1. The molecule has 1 aromatic carbocycles. The molecule has 0 bridgehead atoms. The largest absolute Gasteiger partial charge is 0.488 e. The molecule has 0 saturated carbocycles. The highest BCUT2D eigenvalue weighted by atomic mass is 32.2. The highest BCUT2D eigenvalue weighted by Crippen LogP contribution is 2.22. The quantitative estimate of drug-likeness (QED) is 0.466. The standard InChI is InChI=1S/C20H26FN3O7S/c1-14(15-4-2-5-16(10-15)31-17-6-8-29-12-17)23-32(27,28)9-3-7-30-13-24-11-18(21)19(25)22-20(24)26/h2,4-5,10-11,14,17,23H,3,6-9,12-13H2,1H3,(H,22,25,26)/t14-,17+/m1/s1. The molecule has 0 spiro atoms. The fraction of sp³-hybridized carbons (Fsp3) is 0.500. The molecule has 12 heteroatoms. The molecule has 1 saturated heterocycles. The molecule has 0 radical (unpaired) electrons. The summed E-state index contributed by atoms with van der Waals surface area (Å²) in [4.78, 5) is 24.3. The Labute approximate surface area is 184 Å². The zero-order chi connectivity index (χ0) is 23.1. The molecule has 176 valence electrons. The molecule has 1 aliphatic heterocycles. The minimum atomic E-state index is -3.60. The lowest BCUT2D eigenvalue weighted by Gasteiger charge is -2.17. The molecule has 3 rings (SSSR count). The summed E-state index contributed by atoms with van der Waals surface area (Å²) in [6, 6.07) is 6.78. The van der Waals surface area contributed by atoms with E-state index < -0.39 is 33.1 Å². The molecule has 1 aliphatic rings. The Morgan fingerprint density at radius 1 is 1.38 bits per heavy atom. The summed E-state index contributed by atoms with van der Waals surface area (Å²) in [5.74, 6) is -0.645. The van der Waals surface area contributed by atoms with Gasteiger partial charge in [0.25, 0.3) is 5.56 Å². The normalized spacial score (nSPS) is 17.4. The first-order valence-electron chi connectivity index (χ1n) is 10.1. The first-order valence-corrected chi connectivity index (χ1v) is 11.8. The van der Waals surface area contributed by atoms with Gasteiger partial charge in [-0.2, -0.15) is 4.39 Å². The maximum Gasteiger partial charge on any atom is 0.330 e. The van der Waals surface area contributed by atoms with Gasteiger partial charge in [-0.15, -0.1) is 0 Å². The van der Waals surface area contributed by atoms with Crippen LogP contribution in [-0.2, 0) is 26.2 Å². The highest BCUT2D eigenvalue weighted by Gasteiger charge is 2.19. The van der Waals surface area contributed by atoms with Gasteiger partial charge in [-0.1, -0.05) is 12.1 Å². The summed E-state index contributed by atoms with van der Waals surface area (Å²) in [6.07, 6.45) is 1.72. The van der Waals surface area contributed by atoms with Gasteiger partial charge in [0.15, 0.2) is 0 Å². The molecule has 0 unspecified atom stereocenters. The van der Waals surface area contributed by atoms with Gasteiger partial charge >= 0.3 is 5.69 Å². The average Bonchev–Trinajstić information content (AvgIpc) is 3.24. The number of aromatic nitrogens is 2. The van der Waals surface area contributed by atoms with E-state index in [0.29, 0.717) is 19.0 Å². The molecule has 2 N–H and O–H groups in total. The number of hydrogen-bond acceptors (Lipinski definition) is 7. The van der Waals surface area contributed by atoms with Crippen molar-refractivity contribution in [2.75, 3.05) is 25.6 Å². The number of nitrogens with one attached hydrogen (secondary N) is 2. The first kappa shape index (κ1) is 24.1. The molecule has 1 aromatic heterocycles. The number of sulfonamides is 1. The second kappa shape index (κ2) is 10.9. The van der Waals surface area contributed by atoms with Crippen molar-refractivity contribution in [2.24, 2.45) is 0 Å². The van der Waals surface area contributed by atoms with Gasteiger partial charge in [0.05, 0.1) is 25.2 Å². The zero-order valence-electron chi connectivity index (χ0n) is 17.6. The third-order valence-corrected chi connectivity index (χ3v) is 6.34. The van der Waals surface area contributed by atoms with Crippen LogP contribution in [0.4, 0.5) is 4.39 Å². The van der Waals surface area contributed by atoms with E-state index in [-0.39, 0.29) is 31.6 Å².